The van der Waals surface area contributed by atoms with E-state index >= 15 is 0 Å². The summed E-state index contributed by atoms with van der Waals surface area (Å²) in [4.78, 5) is 1.79. The van der Waals surface area contributed by atoms with Crippen molar-refractivity contribution in [2.75, 3.05) is 19.0 Å². The van der Waals surface area contributed by atoms with Gasteiger partial charge in [0.15, 0.2) is 5.60 Å². The summed E-state index contributed by atoms with van der Waals surface area (Å²) in [5, 5.41) is 10.4. The van der Waals surface area contributed by atoms with Crippen molar-refractivity contribution in [3.05, 3.63) is 65.7 Å². The van der Waals surface area contributed by atoms with Crippen LogP contribution < -0.4 is 4.90 Å². The largest absolute Gasteiger partial charge is 0.421 e. The highest BCUT2D eigenvalue weighted by Gasteiger charge is 2.54. The number of nitrogens with zero attached hydrogens (tertiary/aromatic N) is 1. The quantitative estimate of drug-likeness (QED) is 0.930. The van der Waals surface area contributed by atoms with Crippen LogP contribution in [0, 0.1) is 0 Å². The average molecular weight is 309 g/mol. The first-order valence-electron chi connectivity index (χ1n) is 6.85. The van der Waals surface area contributed by atoms with E-state index in [0.29, 0.717) is 5.56 Å². The smallest absolute Gasteiger partial charge is 0.378 e. The van der Waals surface area contributed by atoms with Gasteiger partial charge in [0.25, 0.3) is 0 Å². The number of benzene rings is 2. The normalized spacial score (nSPS) is 14.5. The van der Waals surface area contributed by atoms with Gasteiger partial charge in [0.2, 0.25) is 0 Å². The van der Waals surface area contributed by atoms with Gasteiger partial charge < -0.3 is 10.0 Å². The van der Waals surface area contributed by atoms with E-state index in [2.05, 4.69) is 0 Å². The molecule has 0 aliphatic carbocycles. The van der Waals surface area contributed by atoms with E-state index in [4.69, 9.17) is 0 Å². The third kappa shape index (κ3) is 3.25. The standard InChI is InChI=1S/C17H18F3NO/c1-21(2)15-10-8-14(9-11-15)16(22,17(18,19)20)12-13-6-4-3-5-7-13/h3-11,22H,12H2,1-2H3. The van der Waals surface area contributed by atoms with Crippen LogP contribution in [0.2, 0.25) is 0 Å². The second-order valence-electron chi connectivity index (χ2n) is 5.46. The van der Waals surface area contributed by atoms with Crippen molar-refractivity contribution in [2.45, 2.75) is 18.2 Å². The molecule has 0 saturated carbocycles. The summed E-state index contributed by atoms with van der Waals surface area (Å²) in [6.07, 6.45) is -5.28. The summed E-state index contributed by atoms with van der Waals surface area (Å²) in [7, 11) is 3.60. The number of anilines is 1. The molecule has 1 atom stereocenters. The summed E-state index contributed by atoms with van der Waals surface area (Å²) >= 11 is 0. The fourth-order valence-electron chi connectivity index (χ4n) is 2.29. The fraction of sp³-hybridized carbons (Fsp3) is 0.294. The summed E-state index contributed by atoms with van der Waals surface area (Å²) in [5.41, 5.74) is -1.86. The molecule has 0 radical (unpaired) electrons. The maximum atomic E-state index is 13.5. The average Bonchev–Trinajstić information content (AvgIpc) is 2.47. The van der Waals surface area contributed by atoms with Crippen molar-refractivity contribution in [3.63, 3.8) is 0 Å². The number of aliphatic hydroxyl groups is 1. The molecule has 2 aromatic rings. The molecular formula is C17H18F3NO. The van der Waals surface area contributed by atoms with Gasteiger partial charge in [0.1, 0.15) is 0 Å². The topological polar surface area (TPSA) is 23.5 Å². The Morgan fingerprint density at radius 2 is 1.45 bits per heavy atom. The molecule has 0 saturated heterocycles. The number of halogens is 3. The van der Waals surface area contributed by atoms with Gasteiger partial charge in [-0.25, -0.2) is 0 Å². The van der Waals surface area contributed by atoms with Crippen LogP contribution in [0.4, 0.5) is 18.9 Å². The van der Waals surface area contributed by atoms with Crippen LogP contribution in [-0.2, 0) is 12.0 Å². The zero-order valence-electron chi connectivity index (χ0n) is 12.4. The molecule has 0 aliphatic heterocycles. The van der Waals surface area contributed by atoms with Gasteiger partial charge in [-0.05, 0) is 23.3 Å². The SMILES string of the molecule is CN(C)c1ccc(C(O)(Cc2ccccc2)C(F)(F)F)cc1. The molecule has 0 fully saturated rings. The van der Waals surface area contributed by atoms with Crippen molar-refractivity contribution in [1.82, 2.24) is 0 Å². The van der Waals surface area contributed by atoms with Crippen molar-refractivity contribution >= 4 is 5.69 Å². The molecule has 2 aromatic carbocycles. The molecule has 0 amide bonds. The molecule has 0 bridgehead atoms. The van der Waals surface area contributed by atoms with E-state index in [1.165, 1.54) is 12.1 Å². The highest BCUT2D eigenvalue weighted by Crippen LogP contribution is 2.41. The predicted molar refractivity (Wildman–Crippen MR) is 80.9 cm³/mol. The summed E-state index contributed by atoms with van der Waals surface area (Å²) < 4.78 is 40.4. The molecule has 5 heteroatoms. The van der Waals surface area contributed by atoms with Crippen LogP contribution in [0.3, 0.4) is 0 Å². The van der Waals surface area contributed by atoms with E-state index < -0.39 is 18.2 Å². The summed E-state index contributed by atoms with van der Waals surface area (Å²) in [5.74, 6) is 0. The number of rotatable bonds is 4. The maximum absolute atomic E-state index is 13.5. The van der Waals surface area contributed by atoms with Gasteiger partial charge in [0.05, 0.1) is 0 Å². The Kier molecular flexibility index (Phi) is 4.47. The van der Waals surface area contributed by atoms with Gasteiger partial charge >= 0.3 is 6.18 Å². The van der Waals surface area contributed by atoms with E-state index in [1.54, 1.807) is 61.5 Å². The molecule has 0 aliphatic rings. The molecule has 0 aromatic heterocycles. The molecule has 118 valence electrons. The molecule has 0 heterocycles. The fourth-order valence-corrected chi connectivity index (χ4v) is 2.29. The second-order valence-corrected chi connectivity index (χ2v) is 5.46. The highest BCUT2D eigenvalue weighted by atomic mass is 19.4. The lowest BCUT2D eigenvalue weighted by atomic mass is 9.86. The number of hydrogen-bond acceptors (Lipinski definition) is 2. The van der Waals surface area contributed by atoms with E-state index in [0.717, 1.165) is 5.69 Å². The second kappa shape index (κ2) is 6.01. The Morgan fingerprint density at radius 3 is 1.91 bits per heavy atom. The van der Waals surface area contributed by atoms with Crippen LogP contribution in [0.25, 0.3) is 0 Å². The molecule has 22 heavy (non-hydrogen) atoms. The zero-order chi connectivity index (χ0) is 16.4. The van der Waals surface area contributed by atoms with Crippen LogP contribution in [-0.4, -0.2) is 25.4 Å². The summed E-state index contributed by atoms with van der Waals surface area (Å²) in [6, 6.07) is 14.0. The van der Waals surface area contributed by atoms with Gasteiger partial charge in [-0.3, -0.25) is 0 Å². The Hall–Kier alpha value is -2.01. The van der Waals surface area contributed by atoms with Crippen LogP contribution >= 0.6 is 0 Å². The number of alkyl halides is 3. The first-order valence-corrected chi connectivity index (χ1v) is 6.85. The first-order chi connectivity index (χ1) is 10.2. The van der Waals surface area contributed by atoms with E-state index in [9.17, 15) is 18.3 Å². The molecule has 1 N–H and O–H groups in total. The first kappa shape index (κ1) is 16.4. The Morgan fingerprint density at radius 1 is 0.909 bits per heavy atom. The van der Waals surface area contributed by atoms with Crippen LogP contribution in [0.15, 0.2) is 54.6 Å². The summed E-state index contributed by atoms with van der Waals surface area (Å²) in [6.45, 7) is 0. The van der Waals surface area contributed by atoms with Gasteiger partial charge in [-0.15, -0.1) is 0 Å². The van der Waals surface area contributed by atoms with Crippen LogP contribution in [0.5, 0.6) is 0 Å². The minimum atomic E-state index is -4.76. The van der Waals surface area contributed by atoms with E-state index in [1.807, 2.05) is 0 Å². The Labute approximate surface area is 127 Å². The van der Waals surface area contributed by atoms with Gasteiger partial charge in [-0.1, -0.05) is 42.5 Å². The maximum Gasteiger partial charge on any atom is 0.421 e. The molecule has 1 unspecified atom stereocenters. The third-order valence-electron chi connectivity index (χ3n) is 3.63. The Bertz CT molecular complexity index is 608. The minimum Gasteiger partial charge on any atom is -0.378 e. The molecule has 2 rings (SSSR count). The lowest BCUT2D eigenvalue weighted by Crippen LogP contribution is -2.44. The minimum absolute atomic E-state index is 0.158. The lowest BCUT2D eigenvalue weighted by Gasteiger charge is -2.31. The van der Waals surface area contributed by atoms with Crippen molar-refractivity contribution in [1.29, 1.82) is 0 Å². The van der Waals surface area contributed by atoms with E-state index in [-0.39, 0.29) is 5.56 Å². The van der Waals surface area contributed by atoms with Crippen molar-refractivity contribution in [2.24, 2.45) is 0 Å². The van der Waals surface area contributed by atoms with Crippen molar-refractivity contribution in [3.8, 4) is 0 Å². The molecular weight excluding hydrogens is 291 g/mol. The van der Waals surface area contributed by atoms with Crippen molar-refractivity contribution < 1.29 is 18.3 Å². The highest BCUT2D eigenvalue weighted by molar-refractivity contribution is 5.47. The predicted octanol–water partition coefficient (Wildman–Crippen LogP) is 3.75. The third-order valence-corrected chi connectivity index (χ3v) is 3.63. The Balaban J connectivity index is 2.41. The van der Waals surface area contributed by atoms with Gasteiger partial charge in [0, 0.05) is 26.2 Å². The zero-order valence-corrected chi connectivity index (χ0v) is 12.4. The van der Waals surface area contributed by atoms with Gasteiger partial charge in [-0.2, -0.15) is 13.2 Å². The van der Waals surface area contributed by atoms with Crippen LogP contribution in [0.1, 0.15) is 11.1 Å². The number of hydrogen-bond donors (Lipinski definition) is 1. The molecule has 0 spiro atoms. The molecule has 2 nitrogen and oxygen atoms in total. The monoisotopic (exact) mass is 309 g/mol. The lowest BCUT2D eigenvalue weighted by molar-refractivity contribution is -0.266.